The Morgan fingerprint density at radius 3 is 2.48 bits per heavy atom. The number of piperidine rings is 1. The minimum Gasteiger partial charge on any atom is -0.495 e. The van der Waals surface area contributed by atoms with E-state index in [1.165, 1.54) is 29.6 Å². The number of sulfonamides is 1. The monoisotopic (exact) mass is 436 g/mol. The molecule has 6 nitrogen and oxygen atoms in total. The first-order chi connectivity index (χ1) is 13.7. The average molecular weight is 437 g/mol. The van der Waals surface area contributed by atoms with Crippen LogP contribution in [0.2, 0.25) is 5.02 Å². The van der Waals surface area contributed by atoms with E-state index in [0.717, 1.165) is 16.8 Å². The van der Waals surface area contributed by atoms with Crippen LogP contribution in [0.25, 0.3) is 0 Å². The van der Waals surface area contributed by atoms with Gasteiger partial charge in [-0.25, -0.2) is 8.42 Å². The molecule has 29 heavy (non-hydrogen) atoms. The Labute approximate surface area is 176 Å². The number of nitrogens with zero attached hydrogens (tertiary/aromatic N) is 1. The van der Waals surface area contributed by atoms with E-state index in [9.17, 15) is 13.2 Å². The summed E-state index contributed by atoms with van der Waals surface area (Å²) in [7, 11) is -2.28. The molecular formula is C21H25ClN2O4S. The number of methoxy groups -OCH3 is 1. The molecule has 1 N–H and O–H groups in total. The second-order valence-electron chi connectivity index (χ2n) is 7.36. The van der Waals surface area contributed by atoms with Crippen molar-refractivity contribution in [3.63, 3.8) is 0 Å². The molecule has 0 radical (unpaired) electrons. The van der Waals surface area contributed by atoms with Crippen molar-refractivity contribution in [1.29, 1.82) is 0 Å². The fraction of sp³-hybridized carbons (Fsp3) is 0.381. The Bertz CT molecular complexity index is 1000. The lowest BCUT2D eigenvalue weighted by molar-refractivity contribution is -0.120. The number of halogens is 1. The molecule has 1 heterocycles. The van der Waals surface area contributed by atoms with Crippen LogP contribution in [0.3, 0.4) is 0 Å². The van der Waals surface area contributed by atoms with E-state index in [0.29, 0.717) is 25.1 Å². The molecule has 2 aromatic rings. The van der Waals surface area contributed by atoms with Crippen molar-refractivity contribution in [2.75, 3.05) is 25.5 Å². The maximum atomic E-state index is 13.0. The van der Waals surface area contributed by atoms with E-state index in [-0.39, 0.29) is 22.4 Å². The van der Waals surface area contributed by atoms with Gasteiger partial charge in [0.1, 0.15) is 5.75 Å². The topological polar surface area (TPSA) is 75.7 Å². The van der Waals surface area contributed by atoms with Crippen molar-refractivity contribution in [1.82, 2.24) is 4.31 Å². The molecule has 0 saturated carbocycles. The van der Waals surface area contributed by atoms with Crippen LogP contribution < -0.4 is 10.1 Å². The van der Waals surface area contributed by atoms with E-state index in [4.69, 9.17) is 16.3 Å². The van der Waals surface area contributed by atoms with Crippen LogP contribution in [0.5, 0.6) is 5.75 Å². The molecule has 1 atom stereocenters. The summed E-state index contributed by atoms with van der Waals surface area (Å²) in [6.07, 6.45) is 1.26. The van der Waals surface area contributed by atoms with Gasteiger partial charge in [-0.15, -0.1) is 0 Å². The predicted molar refractivity (Wildman–Crippen MR) is 114 cm³/mol. The van der Waals surface area contributed by atoms with Gasteiger partial charge in [-0.3, -0.25) is 4.79 Å². The van der Waals surface area contributed by atoms with E-state index in [1.807, 2.05) is 32.0 Å². The first-order valence-electron chi connectivity index (χ1n) is 9.43. The largest absolute Gasteiger partial charge is 0.495 e. The van der Waals surface area contributed by atoms with Crippen LogP contribution in [-0.2, 0) is 14.8 Å². The van der Waals surface area contributed by atoms with Crippen LogP contribution in [-0.4, -0.2) is 38.8 Å². The second kappa shape index (κ2) is 8.73. The Hall–Kier alpha value is -2.09. The van der Waals surface area contributed by atoms with Gasteiger partial charge in [0, 0.05) is 18.8 Å². The summed E-state index contributed by atoms with van der Waals surface area (Å²) in [6, 6.07) is 10.2. The SMILES string of the molecule is COc1ccc(S(=O)(=O)N2CCC[C@H](C(=O)Nc3cc(C)cc(C)c3)C2)cc1Cl. The van der Waals surface area contributed by atoms with Crippen molar-refractivity contribution in [2.45, 2.75) is 31.6 Å². The van der Waals surface area contributed by atoms with Gasteiger partial charge < -0.3 is 10.1 Å². The minimum absolute atomic E-state index is 0.0960. The molecule has 1 fully saturated rings. The van der Waals surface area contributed by atoms with Crippen molar-refractivity contribution in [3.8, 4) is 5.75 Å². The number of carbonyl (C=O) groups is 1. The molecule has 0 aromatic heterocycles. The number of rotatable bonds is 5. The maximum absolute atomic E-state index is 13.0. The molecule has 1 aliphatic heterocycles. The number of hydrogen-bond acceptors (Lipinski definition) is 4. The van der Waals surface area contributed by atoms with Crippen molar-refractivity contribution in [2.24, 2.45) is 5.92 Å². The zero-order chi connectivity index (χ0) is 21.2. The van der Waals surface area contributed by atoms with Gasteiger partial charge in [-0.2, -0.15) is 4.31 Å². The molecule has 1 amide bonds. The normalized spacial score (nSPS) is 17.7. The van der Waals surface area contributed by atoms with Crippen LogP contribution in [0, 0.1) is 19.8 Å². The highest BCUT2D eigenvalue weighted by Gasteiger charge is 2.33. The minimum atomic E-state index is -3.75. The lowest BCUT2D eigenvalue weighted by atomic mass is 9.98. The zero-order valence-electron chi connectivity index (χ0n) is 16.7. The summed E-state index contributed by atoms with van der Waals surface area (Å²) in [5.41, 5.74) is 2.85. The third-order valence-corrected chi connectivity index (χ3v) is 7.16. The number of aryl methyl sites for hydroxylation is 2. The lowest BCUT2D eigenvalue weighted by Crippen LogP contribution is -2.43. The third kappa shape index (κ3) is 4.91. The van der Waals surface area contributed by atoms with Crippen LogP contribution in [0.15, 0.2) is 41.3 Å². The molecule has 1 saturated heterocycles. The number of nitrogens with one attached hydrogen (secondary N) is 1. The fourth-order valence-electron chi connectivity index (χ4n) is 3.62. The Balaban J connectivity index is 1.75. The highest BCUT2D eigenvalue weighted by molar-refractivity contribution is 7.89. The van der Waals surface area contributed by atoms with Gasteiger partial charge in [-0.05, 0) is 68.1 Å². The average Bonchev–Trinajstić information content (AvgIpc) is 2.67. The highest BCUT2D eigenvalue weighted by Crippen LogP contribution is 2.30. The Morgan fingerprint density at radius 1 is 1.17 bits per heavy atom. The molecule has 1 aliphatic rings. The van der Waals surface area contributed by atoms with Gasteiger partial charge in [0.15, 0.2) is 0 Å². The first-order valence-corrected chi connectivity index (χ1v) is 11.3. The molecule has 0 bridgehead atoms. The molecule has 0 spiro atoms. The number of ether oxygens (including phenoxy) is 1. The van der Waals surface area contributed by atoms with Gasteiger partial charge in [0.25, 0.3) is 0 Å². The summed E-state index contributed by atoms with van der Waals surface area (Å²) in [6.45, 7) is 4.46. The van der Waals surface area contributed by atoms with E-state index >= 15 is 0 Å². The number of benzene rings is 2. The molecule has 3 rings (SSSR count). The van der Waals surface area contributed by atoms with E-state index in [1.54, 1.807) is 0 Å². The number of anilines is 1. The summed E-state index contributed by atoms with van der Waals surface area (Å²) >= 11 is 6.10. The maximum Gasteiger partial charge on any atom is 0.243 e. The number of amides is 1. The van der Waals surface area contributed by atoms with Gasteiger partial charge in [0.05, 0.1) is 22.9 Å². The summed E-state index contributed by atoms with van der Waals surface area (Å²) < 4.78 is 32.5. The zero-order valence-corrected chi connectivity index (χ0v) is 18.3. The van der Waals surface area contributed by atoms with Crippen LogP contribution >= 0.6 is 11.6 Å². The fourth-order valence-corrected chi connectivity index (χ4v) is 5.50. The number of carbonyl (C=O) groups excluding carboxylic acids is 1. The molecule has 8 heteroatoms. The summed E-state index contributed by atoms with van der Waals surface area (Å²) in [5.74, 6) is -0.161. The molecule has 0 unspecified atom stereocenters. The second-order valence-corrected chi connectivity index (χ2v) is 9.71. The van der Waals surface area contributed by atoms with Gasteiger partial charge >= 0.3 is 0 Å². The quantitative estimate of drug-likeness (QED) is 0.768. The van der Waals surface area contributed by atoms with Gasteiger partial charge in [-0.1, -0.05) is 17.7 Å². The molecule has 2 aromatic carbocycles. The Kier molecular flexibility index (Phi) is 6.51. The Morgan fingerprint density at radius 2 is 1.86 bits per heavy atom. The van der Waals surface area contributed by atoms with Gasteiger partial charge in [0.2, 0.25) is 15.9 Å². The lowest BCUT2D eigenvalue weighted by Gasteiger charge is -2.31. The van der Waals surface area contributed by atoms with Crippen molar-refractivity contribution in [3.05, 3.63) is 52.5 Å². The van der Waals surface area contributed by atoms with Crippen LogP contribution in [0.4, 0.5) is 5.69 Å². The first kappa shape index (κ1) is 21.6. The standard InChI is InChI=1S/C21H25ClN2O4S/c1-14-9-15(2)11-17(10-14)23-21(25)16-5-4-8-24(13-16)29(26,27)18-6-7-20(28-3)19(22)12-18/h6-7,9-12,16H,4-5,8,13H2,1-3H3,(H,23,25)/t16-/m0/s1. The van der Waals surface area contributed by atoms with E-state index < -0.39 is 15.9 Å². The highest BCUT2D eigenvalue weighted by atomic mass is 35.5. The van der Waals surface area contributed by atoms with E-state index in [2.05, 4.69) is 5.32 Å². The third-order valence-electron chi connectivity index (χ3n) is 5.01. The smallest absolute Gasteiger partial charge is 0.243 e. The molecule has 156 valence electrons. The number of hydrogen-bond donors (Lipinski definition) is 1. The molecular weight excluding hydrogens is 412 g/mol. The predicted octanol–water partition coefficient (Wildman–Crippen LogP) is 4.00. The van der Waals surface area contributed by atoms with Crippen molar-refractivity contribution >= 4 is 33.2 Å². The molecule has 0 aliphatic carbocycles. The summed E-state index contributed by atoms with van der Waals surface area (Å²) in [4.78, 5) is 12.9. The van der Waals surface area contributed by atoms with Crippen LogP contribution in [0.1, 0.15) is 24.0 Å². The van der Waals surface area contributed by atoms with Crippen molar-refractivity contribution < 1.29 is 17.9 Å². The summed E-state index contributed by atoms with van der Waals surface area (Å²) in [5, 5.41) is 3.16.